The summed E-state index contributed by atoms with van der Waals surface area (Å²) in [6, 6.07) is 8.67. The number of aromatic nitrogens is 2. The van der Waals surface area contributed by atoms with Gasteiger partial charge < -0.3 is 4.74 Å². The molecule has 0 atom stereocenters. The number of nitrogens with one attached hydrogen (secondary N) is 1. The van der Waals surface area contributed by atoms with E-state index in [0.717, 1.165) is 3.57 Å². The maximum atomic E-state index is 12.1. The molecule has 0 fully saturated rings. The van der Waals surface area contributed by atoms with Crippen LogP contribution in [0.5, 0.6) is 5.88 Å². The molecule has 0 saturated carbocycles. The summed E-state index contributed by atoms with van der Waals surface area (Å²) in [5.74, 6) is 0.0985. The van der Waals surface area contributed by atoms with Gasteiger partial charge in [-0.1, -0.05) is 23.7 Å². The Labute approximate surface area is 128 Å². The first-order valence-corrected chi connectivity index (χ1v) is 6.70. The van der Waals surface area contributed by atoms with Crippen molar-refractivity contribution in [3.05, 3.63) is 44.6 Å². The van der Waals surface area contributed by atoms with Crippen molar-refractivity contribution in [2.45, 2.75) is 0 Å². The molecule has 7 heteroatoms. The Morgan fingerprint density at radius 2 is 2.11 bits per heavy atom. The number of halogens is 2. The van der Waals surface area contributed by atoms with Gasteiger partial charge in [0.2, 0.25) is 11.8 Å². The van der Waals surface area contributed by atoms with Crippen LogP contribution in [0.3, 0.4) is 0 Å². The molecule has 1 N–H and O–H groups in total. The molecule has 5 nitrogen and oxygen atoms in total. The van der Waals surface area contributed by atoms with Gasteiger partial charge in [-0.05, 0) is 34.7 Å². The fourth-order valence-electron chi connectivity index (χ4n) is 1.37. The number of hydrogen-bond donors (Lipinski definition) is 1. The van der Waals surface area contributed by atoms with E-state index < -0.39 is 0 Å². The smallest absolute Gasteiger partial charge is 0.259 e. The van der Waals surface area contributed by atoms with Gasteiger partial charge in [-0.25, -0.2) is 4.98 Å². The minimum Gasteiger partial charge on any atom is -0.481 e. The third-order valence-electron chi connectivity index (χ3n) is 2.22. The number of amides is 1. The third kappa shape index (κ3) is 3.54. The van der Waals surface area contributed by atoms with Gasteiger partial charge in [-0.2, -0.15) is 4.98 Å². The van der Waals surface area contributed by atoms with Crippen LogP contribution < -0.4 is 10.1 Å². The van der Waals surface area contributed by atoms with Gasteiger partial charge in [0, 0.05) is 9.64 Å². The molecule has 98 valence electrons. The van der Waals surface area contributed by atoms with Crippen molar-refractivity contribution in [1.29, 1.82) is 0 Å². The highest BCUT2D eigenvalue weighted by atomic mass is 127. The summed E-state index contributed by atoms with van der Waals surface area (Å²) in [6.07, 6.45) is 0. The monoisotopic (exact) mass is 389 g/mol. The molecule has 1 aromatic carbocycles. The fraction of sp³-hybridized carbons (Fsp3) is 0.0833. The maximum absolute atomic E-state index is 12.1. The van der Waals surface area contributed by atoms with Gasteiger partial charge in [-0.15, -0.1) is 0 Å². The lowest BCUT2D eigenvalue weighted by Gasteiger charge is -2.07. The first kappa shape index (κ1) is 14.0. The Hall–Kier alpha value is -1.41. The Balaban J connectivity index is 2.24. The van der Waals surface area contributed by atoms with Crippen LogP contribution in [0, 0.1) is 3.57 Å². The van der Waals surface area contributed by atoms with E-state index in [1.165, 1.54) is 13.2 Å². The van der Waals surface area contributed by atoms with E-state index in [-0.39, 0.29) is 22.9 Å². The molecule has 0 aliphatic rings. The van der Waals surface area contributed by atoms with Crippen LogP contribution in [0.4, 0.5) is 5.95 Å². The van der Waals surface area contributed by atoms with Crippen molar-refractivity contribution < 1.29 is 9.53 Å². The minimum atomic E-state index is -0.297. The van der Waals surface area contributed by atoms with Crippen LogP contribution in [-0.2, 0) is 0 Å². The zero-order valence-corrected chi connectivity index (χ0v) is 12.8. The molecular weight excluding hydrogens is 381 g/mol. The quantitative estimate of drug-likeness (QED) is 0.647. The molecule has 1 aromatic heterocycles. The van der Waals surface area contributed by atoms with Crippen molar-refractivity contribution in [3.63, 3.8) is 0 Å². The molecule has 1 heterocycles. The number of carbonyl (C=O) groups is 1. The van der Waals surface area contributed by atoms with Crippen molar-refractivity contribution in [1.82, 2.24) is 9.97 Å². The Morgan fingerprint density at radius 3 is 2.79 bits per heavy atom. The normalized spacial score (nSPS) is 10.1. The van der Waals surface area contributed by atoms with E-state index >= 15 is 0 Å². The van der Waals surface area contributed by atoms with Crippen LogP contribution >= 0.6 is 34.2 Å². The zero-order valence-electron chi connectivity index (χ0n) is 9.85. The highest BCUT2D eigenvalue weighted by molar-refractivity contribution is 14.1. The van der Waals surface area contributed by atoms with Crippen LogP contribution in [0.1, 0.15) is 10.4 Å². The Bertz CT molecular complexity index is 622. The molecule has 0 radical (unpaired) electrons. The molecule has 2 aromatic rings. The average molecular weight is 390 g/mol. The number of anilines is 1. The number of hydrogen-bond acceptors (Lipinski definition) is 4. The molecule has 19 heavy (non-hydrogen) atoms. The summed E-state index contributed by atoms with van der Waals surface area (Å²) < 4.78 is 5.80. The summed E-state index contributed by atoms with van der Waals surface area (Å²) in [5.41, 5.74) is 0.547. The number of rotatable bonds is 3. The molecule has 1 amide bonds. The Morgan fingerprint density at radius 1 is 1.37 bits per heavy atom. The van der Waals surface area contributed by atoms with Gasteiger partial charge in [0.15, 0.2) is 0 Å². The van der Waals surface area contributed by atoms with E-state index in [2.05, 4.69) is 37.9 Å². The lowest BCUT2D eigenvalue weighted by Crippen LogP contribution is -2.15. The van der Waals surface area contributed by atoms with Crippen LogP contribution in [-0.4, -0.2) is 23.0 Å². The second kappa shape index (κ2) is 6.16. The molecular formula is C12H9ClIN3O2. The average Bonchev–Trinajstić information content (AvgIpc) is 2.38. The lowest BCUT2D eigenvalue weighted by atomic mass is 10.2. The lowest BCUT2D eigenvalue weighted by molar-refractivity contribution is 0.102. The van der Waals surface area contributed by atoms with Crippen LogP contribution in [0.25, 0.3) is 0 Å². The maximum Gasteiger partial charge on any atom is 0.259 e. The highest BCUT2D eigenvalue weighted by Gasteiger charge is 2.12. The number of ether oxygens (including phenoxy) is 1. The van der Waals surface area contributed by atoms with Gasteiger partial charge >= 0.3 is 0 Å². The Kier molecular flexibility index (Phi) is 4.54. The number of carbonyl (C=O) groups excluding carboxylic acids is 1. The number of nitrogens with zero attached hydrogens (tertiary/aromatic N) is 2. The highest BCUT2D eigenvalue weighted by Crippen LogP contribution is 2.17. The van der Waals surface area contributed by atoms with E-state index in [1.54, 1.807) is 12.1 Å². The molecule has 0 aliphatic carbocycles. The SMILES string of the molecule is COc1cc(Cl)nc(NC(=O)c2ccccc2I)n1. The third-order valence-corrected chi connectivity index (χ3v) is 3.36. The van der Waals surface area contributed by atoms with Gasteiger partial charge in [0.05, 0.1) is 12.7 Å². The summed E-state index contributed by atoms with van der Waals surface area (Å²) in [4.78, 5) is 20.0. The number of benzene rings is 1. The number of methoxy groups -OCH3 is 1. The van der Waals surface area contributed by atoms with Crippen molar-refractivity contribution in [2.75, 3.05) is 12.4 Å². The fourth-order valence-corrected chi connectivity index (χ4v) is 2.18. The first-order valence-electron chi connectivity index (χ1n) is 5.24. The summed E-state index contributed by atoms with van der Waals surface area (Å²) in [6.45, 7) is 0. The molecule has 2 rings (SSSR count). The van der Waals surface area contributed by atoms with E-state index in [1.807, 2.05) is 12.1 Å². The molecule has 0 aliphatic heterocycles. The predicted octanol–water partition coefficient (Wildman–Crippen LogP) is 3.00. The molecule has 0 unspecified atom stereocenters. The van der Waals surface area contributed by atoms with Gasteiger partial charge in [-0.3, -0.25) is 10.1 Å². The standard InChI is InChI=1S/C12H9ClIN3O2/c1-19-10-6-9(13)15-12(16-10)17-11(18)7-4-2-3-5-8(7)14/h2-6H,1H3,(H,15,16,17,18). The zero-order chi connectivity index (χ0) is 13.8. The van der Waals surface area contributed by atoms with Crippen LogP contribution in [0.2, 0.25) is 5.15 Å². The molecule has 0 bridgehead atoms. The predicted molar refractivity (Wildman–Crippen MR) is 80.7 cm³/mol. The summed E-state index contributed by atoms with van der Waals surface area (Å²) in [7, 11) is 1.46. The second-order valence-electron chi connectivity index (χ2n) is 3.49. The first-order chi connectivity index (χ1) is 9.10. The minimum absolute atomic E-state index is 0.106. The van der Waals surface area contributed by atoms with Crippen molar-refractivity contribution in [3.8, 4) is 5.88 Å². The topological polar surface area (TPSA) is 64.1 Å². The van der Waals surface area contributed by atoms with Gasteiger partial charge in [0.1, 0.15) is 5.15 Å². The van der Waals surface area contributed by atoms with E-state index in [9.17, 15) is 4.79 Å². The van der Waals surface area contributed by atoms with E-state index in [4.69, 9.17) is 16.3 Å². The van der Waals surface area contributed by atoms with Gasteiger partial charge in [0.25, 0.3) is 5.91 Å². The molecule has 0 spiro atoms. The molecule has 0 saturated heterocycles. The van der Waals surface area contributed by atoms with Crippen molar-refractivity contribution >= 4 is 46.0 Å². The largest absolute Gasteiger partial charge is 0.481 e. The summed E-state index contributed by atoms with van der Waals surface area (Å²) in [5, 5.41) is 2.78. The summed E-state index contributed by atoms with van der Waals surface area (Å²) >= 11 is 7.89. The van der Waals surface area contributed by atoms with Crippen molar-refractivity contribution in [2.24, 2.45) is 0 Å². The second-order valence-corrected chi connectivity index (χ2v) is 5.04. The van der Waals surface area contributed by atoms with Crippen LogP contribution in [0.15, 0.2) is 30.3 Å². The van der Waals surface area contributed by atoms with E-state index in [0.29, 0.717) is 5.56 Å².